The first-order valence-electron chi connectivity index (χ1n) is 6.46. The highest BCUT2D eigenvalue weighted by Gasteiger charge is 2.11. The van der Waals surface area contributed by atoms with Gasteiger partial charge in [-0.3, -0.25) is 4.90 Å². The number of nitrogens with zero attached hydrogens (tertiary/aromatic N) is 2. The van der Waals surface area contributed by atoms with Crippen molar-refractivity contribution in [2.45, 2.75) is 20.4 Å². The van der Waals surface area contributed by atoms with E-state index in [9.17, 15) is 4.39 Å². The molecule has 104 valence electrons. The minimum absolute atomic E-state index is 0.301. The van der Waals surface area contributed by atoms with Crippen molar-refractivity contribution in [3.05, 3.63) is 35.1 Å². The van der Waals surface area contributed by atoms with E-state index in [1.54, 1.807) is 7.11 Å². The van der Waals surface area contributed by atoms with Gasteiger partial charge < -0.3 is 4.74 Å². The lowest BCUT2D eigenvalue weighted by Crippen LogP contribution is -2.31. The smallest absolute Gasteiger partial charge is 0.123 e. The molecule has 1 aromatic carbocycles. The summed E-state index contributed by atoms with van der Waals surface area (Å²) >= 11 is 0. The SMILES string of the molecule is COCCN(Cc1cc(F)ccc1C#N)CC(C)C. The summed E-state index contributed by atoms with van der Waals surface area (Å²) in [5.41, 5.74) is 1.27. The van der Waals surface area contributed by atoms with Crippen molar-refractivity contribution in [1.29, 1.82) is 5.26 Å². The van der Waals surface area contributed by atoms with Crippen LogP contribution < -0.4 is 0 Å². The van der Waals surface area contributed by atoms with Crippen LogP contribution in [-0.4, -0.2) is 31.7 Å². The zero-order valence-electron chi connectivity index (χ0n) is 11.8. The molecular formula is C15H21FN2O. The van der Waals surface area contributed by atoms with Gasteiger partial charge in [0.1, 0.15) is 5.82 Å². The number of methoxy groups -OCH3 is 1. The largest absolute Gasteiger partial charge is 0.383 e. The minimum atomic E-state index is -0.301. The fourth-order valence-electron chi connectivity index (χ4n) is 2.01. The quantitative estimate of drug-likeness (QED) is 0.759. The molecule has 0 unspecified atom stereocenters. The Labute approximate surface area is 114 Å². The molecule has 0 amide bonds. The van der Waals surface area contributed by atoms with E-state index in [1.165, 1.54) is 18.2 Å². The Bertz CT molecular complexity index is 440. The molecule has 0 saturated heterocycles. The van der Waals surface area contributed by atoms with Crippen LogP contribution in [0.5, 0.6) is 0 Å². The monoisotopic (exact) mass is 264 g/mol. The second-order valence-electron chi connectivity index (χ2n) is 5.04. The molecule has 3 nitrogen and oxygen atoms in total. The van der Waals surface area contributed by atoms with E-state index in [0.29, 0.717) is 24.6 Å². The van der Waals surface area contributed by atoms with Crippen LogP contribution in [0.15, 0.2) is 18.2 Å². The third-order valence-corrected chi connectivity index (χ3v) is 2.82. The second kappa shape index (κ2) is 7.88. The fraction of sp³-hybridized carbons (Fsp3) is 0.533. The predicted octanol–water partition coefficient (Wildman–Crippen LogP) is 2.80. The van der Waals surface area contributed by atoms with Crippen LogP contribution in [-0.2, 0) is 11.3 Å². The second-order valence-corrected chi connectivity index (χ2v) is 5.04. The van der Waals surface area contributed by atoms with Crippen molar-refractivity contribution in [2.24, 2.45) is 5.92 Å². The number of benzene rings is 1. The van der Waals surface area contributed by atoms with E-state index in [1.807, 2.05) is 0 Å². The lowest BCUT2D eigenvalue weighted by molar-refractivity contribution is 0.136. The molecule has 0 aliphatic rings. The van der Waals surface area contributed by atoms with E-state index >= 15 is 0 Å². The first-order chi connectivity index (χ1) is 9.06. The molecule has 19 heavy (non-hydrogen) atoms. The van der Waals surface area contributed by atoms with Crippen LogP contribution in [0.2, 0.25) is 0 Å². The van der Waals surface area contributed by atoms with Crippen LogP contribution in [0.25, 0.3) is 0 Å². The number of hydrogen-bond acceptors (Lipinski definition) is 3. The van der Waals surface area contributed by atoms with Gasteiger partial charge in [0.25, 0.3) is 0 Å². The summed E-state index contributed by atoms with van der Waals surface area (Å²) in [7, 11) is 1.66. The fourth-order valence-corrected chi connectivity index (χ4v) is 2.01. The highest BCUT2D eigenvalue weighted by molar-refractivity contribution is 5.37. The van der Waals surface area contributed by atoms with Crippen LogP contribution in [0.1, 0.15) is 25.0 Å². The Kier molecular flexibility index (Phi) is 6.48. The Morgan fingerprint density at radius 1 is 1.42 bits per heavy atom. The molecule has 0 aliphatic heterocycles. The van der Waals surface area contributed by atoms with Crippen molar-refractivity contribution >= 4 is 0 Å². The molecule has 0 radical (unpaired) electrons. The van der Waals surface area contributed by atoms with Crippen molar-refractivity contribution in [2.75, 3.05) is 26.8 Å². The molecule has 0 atom stereocenters. The van der Waals surface area contributed by atoms with E-state index < -0.39 is 0 Å². The van der Waals surface area contributed by atoms with E-state index in [2.05, 4.69) is 24.8 Å². The topological polar surface area (TPSA) is 36.3 Å². The summed E-state index contributed by atoms with van der Waals surface area (Å²) in [6.07, 6.45) is 0. The average Bonchev–Trinajstić information content (AvgIpc) is 2.35. The van der Waals surface area contributed by atoms with Gasteiger partial charge >= 0.3 is 0 Å². The molecule has 0 aromatic heterocycles. The van der Waals surface area contributed by atoms with Gasteiger partial charge in [-0.2, -0.15) is 5.26 Å². The number of nitriles is 1. The molecule has 1 rings (SSSR count). The maximum Gasteiger partial charge on any atom is 0.123 e. The summed E-state index contributed by atoms with van der Waals surface area (Å²) in [5, 5.41) is 9.06. The molecule has 0 saturated carbocycles. The number of ether oxygens (including phenoxy) is 1. The lowest BCUT2D eigenvalue weighted by Gasteiger charge is -2.24. The van der Waals surface area contributed by atoms with Gasteiger partial charge in [0.05, 0.1) is 18.2 Å². The molecule has 0 fully saturated rings. The van der Waals surface area contributed by atoms with Crippen LogP contribution >= 0.6 is 0 Å². The van der Waals surface area contributed by atoms with Crippen molar-refractivity contribution in [3.63, 3.8) is 0 Å². The van der Waals surface area contributed by atoms with Crippen LogP contribution in [0.3, 0.4) is 0 Å². The van der Waals surface area contributed by atoms with E-state index in [4.69, 9.17) is 10.00 Å². The first-order valence-corrected chi connectivity index (χ1v) is 6.46. The summed E-state index contributed by atoms with van der Waals surface area (Å²) in [4.78, 5) is 2.18. The Morgan fingerprint density at radius 3 is 2.74 bits per heavy atom. The van der Waals surface area contributed by atoms with Crippen LogP contribution in [0.4, 0.5) is 4.39 Å². The zero-order chi connectivity index (χ0) is 14.3. The Hall–Kier alpha value is -1.44. The molecule has 0 bridgehead atoms. The van der Waals surface area contributed by atoms with Gasteiger partial charge in [0, 0.05) is 26.7 Å². The third-order valence-electron chi connectivity index (χ3n) is 2.82. The average molecular weight is 264 g/mol. The highest BCUT2D eigenvalue weighted by atomic mass is 19.1. The van der Waals surface area contributed by atoms with Gasteiger partial charge in [0.2, 0.25) is 0 Å². The molecule has 1 aromatic rings. The van der Waals surface area contributed by atoms with Gasteiger partial charge in [-0.1, -0.05) is 13.8 Å². The summed E-state index contributed by atoms with van der Waals surface area (Å²) in [6.45, 7) is 7.14. The van der Waals surface area contributed by atoms with Crippen LogP contribution in [0, 0.1) is 23.1 Å². The van der Waals surface area contributed by atoms with Gasteiger partial charge in [-0.25, -0.2) is 4.39 Å². The first kappa shape index (κ1) is 15.6. The zero-order valence-corrected chi connectivity index (χ0v) is 11.8. The summed E-state index contributed by atoms with van der Waals surface area (Å²) in [6, 6.07) is 6.42. The number of halogens is 1. The normalized spacial score (nSPS) is 11.0. The molecular weight excluding hydrogens is 243 g/mol. The molecule has 0 aliphatic carbocycles. The van der Waals surface area contributed by atoms with Gasteiger partial charge in [-0.15, -0.1) is 0 Å². The summed E-state index contributed by atoms with van der Waals surface area (Å²) < 4.78 is 18.4. The third kappa shape index (κ3) is 5.37. The molecule has 0 N–H and O–H groups in total. The van der Waals surface area contributed by atoms with E-state index in [-0.39, 0.29) is 5.82 Å². The van der Waals surface area contributed by atoms with Gasteiger partial charge in [-0.05, 0) is 29.7 Å². The van der Waals surface area contributed by atoms with Crippen molar-refractivity contribution < 1.29 is 9.13 Å². The Morgan fingerprint density at radius 2 is 2.16 bits per heavy atom. The van der Waals surface area contributed by atoms with E-state index in [0.717, 1.165) is 18.7 Å². The Balaban J connectivity index is 2.82. The molecule has 0 spiro atoms. The maximum absolute atomic E-state index is 13.3. The molecule has 4 heteroatoms. The van der Waals surface area contributed by atoms with Crippen molar-refractivity contribution in [1.82, 2.24) is 4.90 Å². The number of rotatable bonds is 7. The maximum atomic E-state index is 13.3. The standard InChI is InChI=1S/C15H21FN2O/c1-12(2)10-18(6-7-19-3)11-14-8-15(16)5-4-13(14)9-17/h4-5,8,12H,6-7,10-11H2,1-3H3. The predicted molar refractivity (Wildman–Crippen MR) is 73.1 cm³/mol. The molecule has 0 heterocycles. The minimum Gasteiger partial charge on any atom is -0.383 e. The lowest BCUT2D eigenvalue weighted by atomic mass is 10.1. The number of hydrogen-bond donors (Lipinski definition) is 0. The summed E-state index contributed by atoms with van der Waals surface area (Å²) in [5.74, 6) is 0.209. The van der Waals surface area contributed by atoms with Gasteiger partial charge in [0.15, 0.2) is 0 Å². The van der Waals surface area contributed by atoms with Crippen molar-refractivity contribution in [3.8, 4) is 6.07 Å². The highest BCUT2D eigenvalue weighted by Crippen LogP contribution is 2.14.